The molecule has 0 amide bonds. The summed E-state index contributed by atoms with van der Waals surface area (Å²) in [5.41, 5.74) is 0.215. The molecular formula is C15H10ClFN4O4S. The Morgan fingerprint density at radius 2 is 2.00 bits per heavy atom. The number of fused-ring (bicyclic) bond motifs is 1. The number of hydrogen-bond acceptors (Lipinski definition) is 7. The van der Waals surface area contributed by atoms with Crippen molar-refractivity contribution in [1.82, 2.24) is 20.2 Å². The predicted molar refractivity (Wildman–Crippen MR) is 87.6 cm³/mol. The monoisotopic (exact) mass is 396 g/mol. The van der Waals surface area contributed by atoms with Gasteiger partial charge in [-0.15, -0.1) is 0 Å². The van der Waals surface area contributed by atoms with Crippen LogP contribution in [0.2, 0.25) is 5.02 Å². The average molecular weight is 397 g/mol. The zero-order valence-corrected chi connectivity index (χ0v) is 14.5. The van der Waals surface area contributed by atoms with Gasteiger partial charge >= 0.3 is 0 Å². The highest BCUT2D eigenvalue weighted by Crippen LogP contribution is 2.34. The summed E-state index contributed by atoms with van der Waals surface area (Å²) >= 11 is 5.92. The van der Waals surface area contributed by atoms with Gasteiger partial charge in [0.1, 0.15) is 5.82 Å². The Kier molecular flexibility index (Phi) is 4.00. The van der Waals surface area contributed by atoms with Gasteiger partial charge in [0, 0.05) is 16.7 Å². The first kappa shape index (κ1) is 16.7. The highest BCUT2D eigenvalue weighted by atomic mass is 35.5. The first-order valence-corrected chi connectivity index (χ1v) is 9.33. The topological polar surface area (TPSA) is 96.2 Å². The van der Waals surface area contributed by atoms with E-state index < -0.39 is 26.6 Å². The van der Waals surface area contributed by atoms with Crippen molar-refractivity contribution in [2.24, 2.45) is 0 Å². The minimum Gasteiger partial charge on any atom is -0.454 e. The van der Waals surface area contributed by atoms with Crippen molar-refractivity contribution in [3.63, 3.8) is 0 Å². The minimum absolute atomic E-state index is 0.00989. The van der Waals surface area contributed by atoms with Gasteiger partial charge in [0.25, 0.3) is 5.16 Å². The van der Waals surface area contributed by atoms with Gasteiger partial charge < -0.3 is 9.47 Å². The number of rotatable bonds is 4. The van der Waals surface area contributed by atoms with Gasteiger partial charge in [0.05, 0.1) is 11.4 Å². The third-order valence-corrected chi connectivity index (χ3v) is 5.55. The normalized spacial score (nSPS) is 13.2. The first-order chi connectivity index (χ1) is 12.5. The van der Waals surface area contributed by atoms with Crippen molar-refractivity contribution in [3.05, 3.63) is 52.8 Å². The van der Waals surface area contributed by atoms with E-state index in [1.807, 2.05) is 0 Å². The van der Waals surface area contributed by atoms with E-state index in [1.165, 1.54) is 12.1 Å². The van der Waals surface area contributed by atoms with Crippen LogP contribution in [0.3, 0.4) is 0 Å². The Hall–Kier alpha value is -2.72. The van der Waals surface area contributed by atoms with Crippen LogP contribution in [0.25, 0.3) is 5.69 Å². The number of tetrazole rings is 1. The Bertz CT molecular complexity index is 1080. The zero-order valence-electron chi connectivity index (χ0n) is 13.0. The molecule has 134 valence electrons. The van der Waals surface area contributed by atoms with Crippen molar-refractivity contribution >= 4 is 21.4 Å². The largest absolute Gasteiger partial charge is 0.454 e. The van der Waals surface area contributed by atoms with Crippen LogP contribution in [0.15, 0.2) is 41.6 Å². The van der Waals surface area contributed by atoms with Crippen LogP contribution in [0.4, 0.5) is 4.39 Å². The van der Waals surface area contributed by atoms with Crippen LogP contribution in [0.1, 0.15) is 5.56 Å². The molecule has 0 saturated heterocycles. The number of halogens is 2. The first-order valence-electron chi connectivity index (χ1n) is 7.30. The van der Waals surface area contributed by atoms with Crippen molar-refractivity contribution in [2.45, 2.75) is 10.9 Å². The van der Waals surface area contributed by atoms with Gasteiger partial charge in [-0.3, -0.25) is 0 Å². The van der Waals surface area contributed by atoms with Crippen LogP contribution in [0.5, 0.6) is 11.5 Å². The van der Waals surface area contributed by atoms with Crippen LogP contribution >= 0.6 is 11.6 Å². The molecule has 1 aromatic heterocycles. The second-order valence-corrected chi connectivity index (χ2v) is 7.66. The number of benzene rings is 2. The fourth-order valence-corrected chi connectivity index (χ4v) is 4.15. The standard InChI is InChI=1S/C15H10ClFN4O4S/c16-11-2-1-3-12(17)10(11)7-26(22,23)15-18-19-20-21(15)9-4-5-13-14(6-9)25-8-24-13/h1-6H,7-8H2. The second-order valence-electron chi connectivity index (χ2n) is 5.37. The maximum Gasteiger partial charge on any atom is 0.272 e. The highest BCUT2D eigenvalue weighted by molar-refractivity contribution is 7.90. The third-order valence-electron chi connectivity index (χ3n) is 3.72. The smallest absolute Gasteiger partial charge is 0.272 e. The number of aromatic nitrogens is 4. The predicted octanol–water partition coefficient (Wildman–Crippen LogP) is 2.16. The molecule has 3 aromatic rings. The lowest BCUT2D eigenvalue weighted by atomic mass is 10.2. The molecule has 11 heteroatoms. The van der Waals surface area contributed by atoms with Crippen LogP contribution in [0, 0.1) is 5.82 Å². The molecule has 0 aliphatic carbocycles. The van der Waals surface area contributed by atoms with E-state index in [1.54, 1.807) is 18.2 Å². The third kappa shape index (κ3) is 2.86. The van der Waals surface area contributed by atoms with Gasteiger partial charge in [-0.1, -0.05) is 22.8 Å². The molecule has 2 aromatic carbocycles. The highest BCUT2D eigenvalue weighted by Gasteiger charge is 2.27. The summed E-state index contributed by atoms with van der Waals surface area (Å²) in [7, 11) is -4.08. The maximum atomic E-state index is 14.0. The number of sulfone groups is 1. The van der Waals surface area contributed by atoms with Crippen molar-refractivity contribution in [2.75, 3.05) is 6.79 Å². The van der Waals surface area contributed by atoms with Gasteiger partial charge in [0.2, 0.25) is 16.6 Å². The molecule has 1 aliphatic rings. The van der Waals surface area contributed by atoms with Crippen molar-refractivity contribution < 1.29 is 22.3 Å². The molecule has 0 unspecified atom stereocenters. The van der Waals surface area contributed by atoms with Crippen LogP contribution in [-0.4, -0.2) is 35.4 Å². The van der Waals surface area contributed by atoms with E-state index in [4.69, 9.17) is 21.1 Å². The Morgan fingerprint density at radius 3 is 2.81 bits per heavy atom. The molecule has 0 atom stereocenters. The molecule has 0 spiro atoms. The van der Waals surface area contributed by atoms with E-state index >= 15 is 0 Å². The molecule has 26 heavy (non-hydrogen) atoms. The van der Waals surface area contributed by atoms with Gasteiger partial charge in [-0.25, -0.2) is 12.8 Å². The SMILES string of the molecule is O=S(=O)(Cc1c(F)cccc1Cl)c1nnnn1-c1ccc2c(c1)OCO2. The quantitative estimate of drug-likeness (QED) is 0.666. The lowest BCUT2D eigenvalue weighted by Crippen LogP contribution is -2.14. The minimum atomic E-state index is -4.08. The Labute approximate surface area is 152 Å². The fraction of sp³-hybridized carbons (Fsp3) is 0.133. The van der Waals surface area contributed by atoms with Crippen LogP contribution in [-0.2, 0) is 15.6 Å². The van der Waals surface area contributed by atoms with Crippen molar-refractivity contribution in [3.8, 4) is 17.2 Å². The van der Waals surface area contributed by atoms with E-state index in [0.717, 1.165) is 10.7 Å². The molecule has 0 saturated carbocycles. The summed E-state index contributed by atoms with van der Waals surface area (Å²) in [6, 6.07) is 8.69. The molecule has 0 radical (unpaired) electrons. The summed E-state index contributed by atoms with van der Waals surface area (Å²) in [5.74, 6) is -0.422. The summed E-state index contributed by atoms with van der Waals surface area (Å²) in [6.45, 7) is 0.0747. The summed E-state index contributed by atoms with van der Waals surface area (Å²) in [4.78, 5) is 0. The molecule has 0 N–H and O–H groups in total. The molecular weight excluding hydrogens is 387 g/mol. The van der Waals surface area contributed by atoms with Crippen LogP contribution < -0.4 is 9.47 Å². The summed E-state index contributed by atoms with van der Waals surface area (Å²) in [5, 5.41) is 10.3. The Balaban J connectivity index is 1.74. The van der Waals surface area contributed by atoms with Gasteiger partial charge in [-0.2, -0.15) is 4.68 Å². The second kappa shape index (κ2) is 6.22. The van der Waals surface area contributed by atoms with E-state index in [0.29, 0.717) is 17.2 Å². The van der Waals surface area contributed by atoms with Gasteiger partial charge in [0.15, 0.2) is 11.5 Å². The van der Waals surface area contributed by atoms with E-state index in [9.17, 15) is 12.8 Å². The molecule has 0 bridgehead atoms. The molecule has 2 heterocycles. The molecule has 8 nitrogen and oxygen atoms in total. The van der Waals surface area contributed by atoms with E-state index in [-0.39, 0.29) is 17.4 Å². The Morgan fingerprint density at radius 1 is 1.19 bits per heavy atom. The van der Waals surface area contributed by atoms with Crippen molar-refractivity contribution in [1.29, 1.82) is 0 Å². The van der Waals surface area contributed by atoms with Gasteiger partial charge in [-0.05, 0) is 34.7 Å². The van der Waals surface area contributed by atoms with E-state index in [2.05, 4.69) is 15.5 Å². The summed E-state index contributed by atoms with van der Waals surface area (Å²) < 4.78 is 51.0. The lowest BCUT2D eigenvalue weighted by Gasteiger charge is -2.08. The average Bonchev–Trinajstić information content (AvgIpc) is 3.26. The maximum absolute atomic E-state index is 14.0. The number of hydrogen-bond donors (Lipinski definition) is 0. The molecule has 1 aliphatic heterocycles. The summed E-state index contributed by atoms with van der Waals surface area (Å²) in [6.07, 6.45) is 0. The lowest BCUT2D eigenvalue weighted by molar-refractivity contribution is 0.174. The molecule has 0 fully saturated rings. The number of ether oxygens (including phenoxy) is 2. The zero-order chi connectivity index (χ0) is 18.3. The fourth-order valence-electron chi connectivity index (χ4n) is 2.48. The molecule has 4 rings (SSSR count). The number of nitrogens with zero attached hydrogens (tertiary/aromatic N) is 4.